The van der Waals surface area contributed by atoms with Crippen LogP contribution in [0.1, 0.15) is 18.4 Å². The fourth-order valence-corrected chi connectivity index (χ4v) is 2.65. The van der Waals surface area contributed by atoms with Gasteiger partial charge in [0.15, 0.2) is 0 Å². The van der Waals surface area contributed by atoms with Crippen LogP contribution in [-0.4, -0.2) is 30.3 Å². The Balaban J connectivity index is 1.98. The minimum Gasteiger partial charge on any atom is -0.405 e. The monoisotopic (exact) mass is 373 g/mol. The van der Waals surface area contributed by atoms with Crippen molar-refractivity contribution >= 4 is 15.9 Å². The Morgan fingerprint density at radius 1 is 1.19 bits per heavy atom. The summed E-state index contributed by atoms with van der Waals surface area (Å²) < 4.78 is 66.5. The summed E-state index contributed by atoms with van der Waals surface area (Å²) >= 11 is 3.02. The molecular weight excluding hydrogens is 361 g/mol. The second kappa shape index (κ2) is 6.08. The highest BCUT2D eigenvalue weighted by molar-refractivity contribution is 9.10. The molecule has 1 aromatic rings. The van der Waals surface area contributed by atoms with Gasteiger partial charge in [0.05, 0.1) is 4.47 Å². The highest BCUT2D eigenvalue weighted by atomic mass is 79.9. The largest absolute Gasteiger partial charge is 0.573 e. The molecule has 0 saturated carbocycles. The first kappa shape index (κ1) is 16.5. The second-order valence-electron chi connectivity index (χ2n) is 4.94. The van der Waals surface area contributed by atoms with Crippen molar-refractivity contribution in [2.24, 2.45) is 0 Å². The third kappa shape index (κ3) is 5.10. The SMILES string of the molecule is FC1(F)CCN(Cc2ccc(OC(F)(F)F)c(Br)c2)CC1. The lowest BCUT2D eigenvalue weighted by molar-refractivity contribution is -0.274. The maximum atomic E-state index is 13.0. The van der Waals surface area contributed by atoms with Crippen LogP contribution in [0.15, 0.2) is 22.7 Å². The minimum absolute atomic E-state index is 0.180. The Morgan fingerprint density at radius 2 is 1.81 bits per heavy atom. The van der Waals surface area contributed by atoms with Crippen LogP contribution in [0, 0.1) is 0 Å². The van der Waals surface area contributed by atoms with E-state index in [1.807, 2.05) is 4.90 Å². The predicted molar refractivity (Wildman–Crippen MR) is 70.3 cm³/mol. The Labute approximate surface area is 127 Å². The summed E-state index contributed by atoms with van der Waals surface area (Å²) in [7, 11) is 0. The van der Waals surface area contributed by atoms with E-state index in [1.54, 1.807) is 0 Å². The molecule has 0 bridgehead atoms. The van der Waals surface area contributed by atoms with Gasteiger partial charge in [-0.15, -0.1) is 13.2 Å². The quantitative estimate of drug-likeness (QED) is 0.719. The Kier molecular flexibility index (Phi) is 4.77. The Bertz CT molecular complexity index is 496. The van der Waals surface area contributed by atoms with E-state index >= 15 is 0 Å². The number of halogens is 6. The standard InChI is InChI=1S/C13H13BrF5NO/c14-10-7-9(1-2-11(10)21-13(17,18)19)8-20-5-3-12(15,16)4-6-20/h1-2,7H,3-6,8H2. The second-order valence-corrected chi connectivity index (χ2v) is 5.80. The fraction of sp³-hybridized carbons (Fsp3) is 0.538. The third-order valence-electron chi connectivity index (χ3n) is 3.22. The van der Waals surface area contributed by atoms with Crippen molar-refractivity contribution in [3.63, 3.8) is 0 Å². The summed E-state index contributed by atoms with van der Waals surface area (Å²) in [6.45, 7) is 0.956. The number of piperidine rings is 1. The summed E-state index contributed by atoms with van der Waals surface area (Å²) in [6, 6.07) is 4.22. The smallest absolute Gasteiger partial charge is 0.405 e. The highest BCUT2D eigenvalue weighted by Crippen LogP contribution is 2.32. The van der Waals surface area contributed by atoms with Crippen LogP contribution in [0.25, 0.3) is 0 Å². The average Bonchev–Trinajstić information content (AvgIpc) is 2.34. The summed E-state index contributed by atoms with van der Waals surface area (Å²) in [5, 5.41) is 0. The molecule has 0 aliphatic carbocycles. The first-order valence-corrected chi connectivity index (χ1v) is 7.08. The number of rotatable bonds is 3. The van der Waals surface area contributed by atoms with Gasteiger partial charge in [-0.25, -0.2) is 8.78 Å². The van der Waals surface area contributed by atoms with Crippen LogP contribution in [-0.2, 0) is 6.54 Å². The molecule has 2 nitrogen and oxygen atoms in total. The van der Waals surface area contributed by atoms with Crippen LogP contribution in [0.4, 0.5) is 22.0 Å². The zero-order valence-corrected chi connectivity index (χ0v) is 12.5. The van der Waals surface area contributed by atoms with Gasteiger partial charge in [-0.1, -0.05) is 6.07 Å². The zero-order valence-electron chi connectivity index (χ0n) is 10.9. The molecule has 1 saturated heterocycles. The van der Waals surface area contributed by atoms with E-state index in [-0.39, 0.29) is 36.2 Å². The first-order chi connectivity index (χ1) is 9.65. The van der Waals surface area contributed by atoms with E-state index in [2.05, 4.69) is 20.7 Å². The van der Waals surface area contributed by atoms with Gasteiger partial charge in [-0.2, -0.15) is 0 Å². The summed E-state index contributed by atoms with van der Waals surface area (Å²) in [5.74, 6) is -2.93. The molecule has 0 unspecified atom stereocenters. The van der Waals surface area contributed by atoms with E-state index in [0.29, 0.717) is 6.54 Å². The molecule has 0 aromatic heterocycles. The van der Waals surface area contributed by atoms with Crippen LogP contribution >= 0.6 is 15.9 Å². The lowest BCUT2D eigenvalue weighted by Crippen LogP contribution is -2.38. The van der Waals surface area contributed by atoms with Crippen molar-refractivity contribution in [1.29, 1.82) is 0 Å². The maximum absolute atomic E-state index is 13.0. The third-order valence-corrected chi connectivity index (χ3v) is 3.84. The normalized spacial score (nSPS) is 19.5. The number of likely N-dealkylation sites (tertiary alicyclic amines) is 1. The van der Waals surface area contributed by atoms with Gasteiger partial charge in [0.25, 0.3) is 5.92 Å². The van der Waals surface area contributed by atoms with Gasteiger partial charge in [0.2, 0.25) is 0 Å². The molecule has 1 fully saturated rings. The minimum atomic E-state index is -4.75. The lowest BCUT2D eigenvalue weighted by Gasteiger charge is -2.31. The first-order valence-electron chi connectivity index (χ1n) is 6.29. The van der Waals surface area contributed by atoms with E-state index in [4.69, 9.17) is 0 Å². The fourth-order valence-electron chi connectivity index (χ4n) is 2.15. The molecule has 0 amide bonds. The van der Waals surface area contributed by atoms with Gasteiger partial charge in [0.1, 0.15) is 5.75 Å². The Morgan fingerprint density at radius 3 is 2.33 bits per heavy atom. The maximum Gasteiger partial charge on any atom is 0.573 e. The number of hydrogen-bond acceptors (Lipinski definition) is 2. The summed E-state index contributed by atoms with van der Waals surface area (Å²) in [6.07, 6.45) is -5.13. The molecule has 1 aliphatic heterocycles. The lowest BCUT2D eigenvalue weighted by atomic mass is 10.1. The zero-order chi connectivity index (χ0) is 15.7. The molecule has 2 rings (SSSR count). The molecule has 118 valence electrons. The van der Waals surface area contributed by atoms with Crippen molar-refractivity contribution in [3.05, 3.63) is 28.2 Å². The average molecular weight is 374 g/mol. The highest BCUT2D eigenvalue weighted by Gasteiger charge is 2.34. The molecule has 0 spiro atoms. The van der Waals surface area contributed by atoms with E-state index < -0.39 is 12.3 Å². The summed E-state index contributed by atoms with van der Waals surface area (Å²) in [4.78, 5) is 1.85. The molecular formula is C13H13BrF5NO. The van der Waals surface area contributed by atoms with Crippen LogP contribution in [0.3, 0.4) is 0 Å². The number of alkyl halides is 5. The number of benzene rings is 1. The van der Waals surface area contributed by atoms with Gasteiger partial charge in [-0.05, 0) is 33.6 Å². The molecule has 1 aromatic carbocycles. The van der Waals surface area contributed by atoms with Crippen LogP contribution < -0.4 is 4.74 Å². The van der Waals surface area contributed by atoms with Gasteiger partial charge < -0.3 is 4.74 Å². The van der Waals surface area contributed by atoms with Crippen molar-refractivity contribution in [3.8, 4) is 5.75 Å². The van der Waals surface area contributed by atoms with Crippen molar-refractivity contribution < 1.29 is 26.7 Å². The molecule has 1 aliphatic rings. The predicted octanol–water partition coefficient (Wildman–Crippen LogP) is 4.58. The van der Waals surface area contributed by atoms with Crippen LogP contribution in [0.2, 0.25) is 0 Å². The summed E-state index contributed by atoms with van der Waals surface area (Å²) in [5.41, 5.74) is 0.738. The van der Waals surface area contributed by atoms with Crippen LogP contribution in [0.5, 0.6) is 5.75 Å². The van der Waals surface area contributed by atoms with Gasteiger partial charge in [-0.3, -0.25) is 4.90 Å². The molecule has 1 heterocycles. The van der Waals surface area contributed by atoms with Gasteiger partial charge >= 0.3 is 6.36 Å². The van der Waals surface area contributed by atoms with Gasteiger partial charge in [0, 0.05) is 32.5 Å². The topological polar surface area (TPSA) is 12.5 Å². The van der Waals surface area contributed by atoms with E-state index in [0.717, 1.165) is 5.56 Å². The Hall–Kier alpha value is -0.890. The van der Waals surface area contributed by atoms with E-state index in [9.17, 15) is 22.0 Å². The number of nitrogens with zero attached hydrogens (tertiary/aromatic N) is 1. The molecule has 21 heavy (non-hydrogen) atoms. The molecule has 8 heteroatoms. The number of ether oxygens (including phenoxy) is 1. The van der Waals surface area contributed by atoms with E-state index in [1.165, 1.54) is 18.2 Å². The molecule has 0 N–H and O–H groups in total. The molecule has 0 atom stereocenters. The van der Waals surface area contributed by atoms with Crippen molar-refractivity contribution in [2.45, 2.75) is 31.7 Å². The van der Waals surface area contributed by atoms with Crippen molar-refractivity contribution in [2.75, 3.05) is 13.1 Å². The molecule has 0 radical (unpaired) electrons. The number of hydrogen-bond donors (Lipinski definition) is 0. The van der Waals surface area contributed by atoms with Crippen molar-refractivity contribution in [1.82, 2.24) is 4.90 Å².